The van der Waals surface area contributed by atoms with E-state index in [-0.39, 0.29) is 18.4 Å². The zero-order chi connectivity index (χ0) is 23.9. The zero-order valence-corrected chi connectivity index (χ0v) is 19.3. The molecule has 0 aliphatic carbocycles. The van der Waals surface area contributed by atoms with Crippen molar-refractivity contribution in [2.75, 3.05) is 30.0 Å². The maximum atomic E-state index is 12.7. The number of nitrogens with one attached hydrogen (secondary N) is 1. The Balaban J connectivity index is 1.37. The third-order valence-electron chi connectivity index (χ3n) is 5.48. The van der Waals surface area contributed by atoms with Gasteiger partial charge in [-0.3, -0.25) is 9.59 Å². The van der Waals surface area contributed by atoms with Crippen molar-refractivity contribution in [3.63, 3.8) is 0 Å². The Bertz CT molecular complexity index is 1130. The Morgan fingerprint density at radius 1 is 1.00 bits per heavy atom. The standard InChI is InChI=1S/C27H28N2O5/c1-3-20-9-12-23(13-10-20)33-18-26(30)28-21-11-14-24-25(17-21)34-19(2)27(31)29(24)15-16-32-22-7-5-4-6-8-22/h4-14,17,19H,3,15-16,18H2,1-2H3,(H,28,30). The fraction of sp³-hybridized carbons (Fsp3) is 0.259. The second-order valence-electron chi connectivity index (χ2n) is 7.93. The summed E-state index contributed by atoms with van der Waals surface area (Å²) in [5.74, 6) is 1.50. The van der Waals surface area contributed by atoms with Gasteiger partial charge < -0.3 is 24.4 Å². The SMILES string of the molecule is CCc1ccc(OCC(=O)Nc2ccc3c(c2)OC(C)C(=O)N3CCOc2ccccc2)cc1. The van der Waals surface area contributed by atoms with Gasteiger partial charge >= 0.3 is 0 Å². The number of hydrogen-bond acceptors (Lipinski definition) is 5. The second kappa shape index (κ2) is 10.7. The molecule has 3 aromatic rings. The van der Waals surface area contributed by atoms with Gasteiger partial charge in [0.1, 0.15) is 23.9 Å². The summed E-state index contributed by atoms with van der Waals surface area (Å²) in [4.78, 5) is 26.7. The molecular weight excluding hydrogens is 432 g/mol. The van der Waals surface area contributed by atoms with Crippen LogP contribution >= 0.6 is 0 Å². The Morgan fingerprint density at radius 3 is 2.47 bits per heavy atom. The van der Waals surface area contributed by atoms with Gasteiger partial charge in [-0.2, -0.15) is 0 Å². The summed E-state index contributed by atoms with van der Waals surface area (Å²) < 4.78 is 17.1. The average Bonchev–Trinajstić information content (AvgIpc) is 2.86. The van der Waals surface area contributed by atoms with Crippen molar-refractivity contribution >= 4 is 23.2 Å². The second-order valence-corrected chi connectivity index (χ2v) is 7.93. The third-order valence-corrected chi connectivity index (χ3v) is 5.48. The van der Waals surface area contributed by atoms with Crippen LogP contribution in [-0.2, 0) is 16.0 Å². The summed E-state index contributed by atoms with van der Waals surface area (Å²) in [5, 5.41) is 2.82. The minimum atomic E-state index is -0.635. The molecule has 3 aromatic carbocycles. The molecule has 0 saturated heterocycles. The Kier molecular flexibility index (Phi) is 7.32. The van der Waals surface area contributed by atoms with Crippen molar-refractivity contribution in [2.24, 2.45) is 0 Å². The minimum Gasteiger partial charge on any atom is -0.492 e. The monoisotopic (exact) mass is 460 g/mol. The van der Waals surface area contributed by atoms with Crippen LogP contribution in [-0.4, -0.2) is 37.7 Å². The van der Waals surface area contributed by atoms with Crippen LogP contribution in [0, 0.1) is 0 Å². The molecule has 1 aliphatic heterocycles. The van der Waals surface area contributed by atoms with Crippen molar-refractivity contribution in [2.45, 2.75) is 26.4 Å². The fourth-order valence-corrected chi connectivity index (χ4v) is 3.66. The summed E-state index contributed by atoms with van der Waals surface area (Å²) in [7, 11) is 0. The zero-order valence-electron chi connectivity index (χ0n) is 19.3. The summed E-state index contributed by atoms with van der Waals surface area (Å²) >= 11 is 0. The molecule has 176 valence electrons. The maximum Gasteiger partial charge on any atom is 0.267 e. The largest absolute Gasteiger partial charge is 0.492 e. The number of anilines is 2. The number of amides is 2. The number of carbonyl (C=O) groups excluding carboxylic acids is 2. The lowest BCUT2D eigenvalue weighted by Crippen LogP contribution is -2.46. The molecule has 1 atom stereocenters. The van der Waals surface area contributed by atoms with Gasteiger partial charge in [-0.15, -0.1) is 0 Å². The van der Waals surface area contributed by atoms with E-state index in [1.165, 1.54) is 5.56 Å². The lowest BCUT2D eigenvalue weighted by molar-refractivity contribution is -0.125. The van der Waals surface area contributed by atoms with Gasteiger partial charge in [0, 0.05) is 11.8 Å². The van der Waals surface area contributed by atoms with Crippen LogP contribution in [0.3, 0.4) is 0 Å². The summed E-state index contributed by atoms with van der Waals surface area (Å²) in [5.41, 5.74) is 2.42. The quantitative estimate of drug-likeness (QED) is 0.510. The lowest BCUT2D eigenvalue weighted by Gasteiger charge is -2.33. The highest BCUT2D eigenvalue weighted by Crippen LogP contribution is 2.36. The number of hydrogen-bond donors (Lipinski definition) is 1. The van der Waals surface area contributed by atoms with E-state index >= 15 is 0 Å². The molecule has 0 saturated carbocycles. The fourth-order valence-electron chi connectivity index (χ4n) is 3.66. The normalized spacial score (nSPS) is 14.7. The van der Waals surface area contributed by atoms with Gasteiger partial charge in [0.25, 0.3) is 11.8 Å². The van der Waals surface area contributed by atoms with Crippen molar-refractivity contribution in [1.29, 1.82) is 0 Å². The van der Waals surface area contributed by atoms with Crippen LogP contribution in [0.1, 0.15) is 19.4 Å². The maximum absolute atomic E-state index is 12.7. The molecule has 1 unspecified atom stereocenters. The van der Waals surface area contributed by atoms with Gasteiger partial charge in [0.15, 0.2) is 12.7 Å². The number of benzene rings is 3. The molecule has 1 heterocycles. The number of aryl methyl sites for hydroxylation is 1. The minimum absolute atomic E-state index is 0.110. The van der Waals surface area contributed by atoms with E-state index in [4.69, 9.17) is 14.2 Å². The molecule has 7 nitrogen and oxygen atoms in total. The van der Waals surface area contributed by atoms with E-state index in [1.54, 1.807) is 30.0 Å². The number of fused-ring (bicyclic) bond motifs is 1. The smallest absolute Gasteiger partial charge is 0.267 e. The first-order chi connectivity index (χ1) is 16.5. The molecule has 0 fully saturated rings. The molecule has 0 spiro atoms. The molecule has 1 aliphatic rings. The van der Waals surface area contributed by atoms with E-state index in [1.807, 2.05) is 54.6 Å². The number of rotatable bonds is 9. The first-order valence-corrected chi connectivity index (χ1v) is 11.3. The van der Waals surface area contributed by atoms with Crippen molar-refractivity contribution in [3.05, 3.63) is 78.4 Å². The highest BCUT2D eigenvalue weighted by molar-refractivity contribution is 6.00. The molecule has 34 heavy (non-hydrogen) atoms. The Labute approximate surface area is 199 Å². The summed E-state index contributed by atoms with van der Waals surface area (Å²) in [6.45, 7) is 4.41. The predicted octanol–water partition coefficient (Wildman–Crippen LogP) is 4.46. The van der Waals surface area contributed by atoms with Crippen molar-refractivity contribution in [3.8, 4) is 17.2 Å². The molecule has 4 rings (SSSR count). The van der Waals surface area contributed by atoms with Crippen molar-refractivity contribution < 1.29 is 23.8 Å². The van der Waals surface area contributed by atoms with Crippen LogP contribution in [0.4, 0.5) is 11.4 Å². The number of carbonyl (C=O) groups is 2. The van der Waals surface area contributed by atoms with Crippen LogP contribution in [0.15, 0.2) is 72.8 Å². The van der Waals surface area contributed by atoms with E-state index in [9.17, 15) is 9.59 Å². The first-order valence-electron chi connectivity index (χ1n) is 11.3. The van der Waals surface area contributed by atoms with E-state index in [0.29, 0.717) is 36.0 Å². The van der Waals surface area contributed by atoms with E-state index in [0.717, 1.165) is 12.2 Å². The Morgan fingerprint density at radius 2 is 1.74 bits per heavy atom. The molecule has 2 amide bonds. The number of nitrogens with zero attached hydrogens (tertiary/aromatic N) is 1. The van der Waals surface area contributed by atoms with Crippen molar-refractivity contribution in [1.82, 2.24) is 0 Å². The molecule has 7 heteroatoms. The van der Waals surface area contributed by atoms with Gasteiger partial charge in [0.2, 0.25) is 0 Å². The van der Waals surface area contributed by atoms with Crippen LogP contribution < -0.4 is 24.4 Å². The van der Waals surface area contributed by atoms with Crippen LogP contribution in [0.5, 0.6) is 17.2 Å². The highest BCUT2D eigenvalue weighted by atomic mass is 16.5. The number of ether oxygens (including phenoxy) is 3. The summed E-state index contributed by atoms with van der Waals surface area (Å²) in [6.07, 6.45) is 0.313. The molecule has 1 N–H and O–H groups in total. The third kappa shape index (κ3) is 5.67. The molecular formula is C27H28N2O5. The average molecular weight is 461 g/mol. The predicted molar refractivity (Wildman–Crippen MR) is 131 cm³/mol. The highest BCUT2D eigenvalue weighted by Gasteiger charge is 2.31. The van der Waals surface area contributed by atoms with E-state index in [2.05, 4.69) is 12.2 Å². The van der Waals surface area contributed by atoms with Crippen LogP contribution in [0.2, 0.25) is 0 Å². The molecule has 0 aromatic heterocycles. The van der Waals surface area contributed by atoms with Crippen LogP contribution in [0.25, 0.3) is 0 Å². The topological polar surface area (TPSA) is 77.1 Å². The molecule has 0 bridgehead atoms. The van der Waals surface area contributed by atoms with Gasteiger partial charge in [-0.05, 0) is 55.3 Å². The number of para-hydroxylation sites is 1. The Hall–Kier alpha value is -4.00. The molecule has 0 radical (unpaired) electrons. The van der Waals surface area contributed by atoms with E-state index < -0.39 is 6.10 Å². The summed E-state index contributed by atoms with van der Waals surface area (Å²) in [6, 6.07) is 22.4. The first kappa shape index (κ1) is 23.2. The van der Waals surface area contributed by atoms with Gasteiger partial charge in [-0.1, -0.05) is 37.3 Å². The lowest BCUT2D eigenvalue weighted by atomic mass is 10.1. The van der Waals surface area contributed by atoms with Gasteiger partial charge in [-0.25, -0.2) is 0 Å². The van der Waals surface area contributed by atoms with Gasteiger partial charge in [0.05, 0.1) is 12.2 Å².